The lowest BCUT2D eigenvalue weighted by Gasteiger charge is -2.29. The zero-order valence-corrected chi connectivity index (χ0v) is 14.7. The SMILES string of the molecule is CC1CCN(Cc2csc(NC(=O)c3ccc(Cl)cc3)n2)CC1. The highest BCUT2D eigenvalue weighted by Gasteiger charge is 2.17. The van der Waals surface area contributed by atoms with Crippen LogP contribution < -0.4 is 5.32 Å². The predicted octanol–water partition coefficient (Wildman–Crippen LogP) is 4.28. The molecule has 2 aromatic rings. The van der Waals surface area contributed by atoms with Crippen LogP contribution in [0.25, 0.3) is 0 Å². The third kappa shape index (κ3) is 4.53. The van der Waals surface area contributed by atoms with Crippen molar-refractivity contribution >= 4 is 34.0 Å². The molecule has 1 fully saturated rings. The number of anilines is 1. The average molecular weight is 350 g/mol. The summed E-state index contributed by atoms with van der Waals surface area (Å²) in [5.74, 6) is 0.672. The number of amides is 1. The summed E-state index contributed by atoms with van der Waals surface area (Å²) in [6, 6.07) is 6.84. The van der Waals surface area contributed by atoms with Crippen LogP contribution in [0.15, 0.2) is 29.6 Å². The van der Waals surface area contributed by atoms with Crippen LogP contribution in [0.2, 0.25) is 5.02 Å². The highest BCUT2D eigenvalue weighted by Crippen LogP contribution is 2.21. The summed E-state index contributed by atoms with van der Waals surface area (Å²) in [5.41, 5.74) is 1.60. The predicted molar refractivity (Wildman–Crippen MR) is 95.2 cm³/mol. The number of hydrogen-bond acceptors (Lipinski definition) is 4. The molecular formula is C17H20ClN3OS. The van der Waals surface area contributed by atoms with Gasteiger partial charge in [0.15, 0.2) is 5.13 Å². The van der Waals surface area contributed by atoms with Crippen LogP contribution in [0.4, 0.5) is 5.13 Å². The highest BCUT2D eigenvalue weighted by molar-refractivity contribution is 7.13. The number of benzene rings is 1. The van der Waals surface area contributed by atoms with Gasteiger partial charge < -0.3 is 0 Å². The molecule has 122 valence electrons. The Morgan fingerprint density at radius 2 is 2.04 bits per heavy atom. The third-order valence-electron chi connectivity index (χ3n) is 4.14. The van der Waals surface area contributed by atoms with Gasteiger partial charge in [0.1, 0.15) is 0 Å². The zero-order chi connectivity index (χ0) is 16.2. The van der Waals surface area contributed by atoms with E-state index < -0.39 is 0 Å². The van der Waals surface area contributed by atoms with Crippen LogP contribution in [0, 0.1) is 5.92 Å². The molecular weight excluding hydrogens is 330 g/mol. The van der Waals surface area contributed by atoms with E-state index in [9.17, 15) is 4.79 Å². The van der Waals surface area contributed by atoms with Crippen LogP contribution in [-0.2, 0) is 6.54 Å². The molecule has 1 saturated heterocycles. The second-order valence-electron chi connectivity index (χ2n) is 6.06. The van der Waals surface area contributed by atoms with Crippen molar-refractivity contribution in [3.63, 3.8) is 0 Å². The summed E-state index contributed by atoms with van der Waals surface area (Å²) >= 11 is 7.30. The minimum atomic E-state index is -0.158. The molecule has 1 aliphatic heterocycles. The Hall–Kier alpha value is -1.43. The summed E-state index contributed by atoms with van der Waals surface area (Å²) < 4.78 is 0. The number of carbonyl (C=O) groups excluding carboxylic acids is 1. The fraction of sp³-hybridized carbons (Fsp3) is 0.412. The van der Waals surface area contributed by atoms with Crippen molar-refractivity contribution in [1.29, 1.82) is 0 Å². The van der Waals surface area contributed by atoms with Gasteiger partial charge in [-0.2, -0.15) is 0 Å². The van der Waals surface area contributed by atoms with E-state index >= 15 is 0 Å². The topological polar surface area (TPSA) is 45.2 Å². The first-order chi connectivity index (χ1) is 11.1. The molecule has 0 spiro atoms. The van der Waals surface area contributed by atoms with Crippen LogP contribution in [0.5, 0.6) is 0 Å². The number of carbonyl (C=O) groups is 1. The van der Waals surface area contributed by atoms with Gasteiger partial charge in [0.05, 0.1) is 5.69 Å². The van der Waals surface area contributed by atoms with E-state index in [2.05, 4.69) is 22.1 Å². The average Bonchev–Trinajstić information content (AvgIpc) is 2.97. The number of thiazole rings is 1. The second kappa shape index (κ2) is 7.43. The number of aromatic nitrogens is 1. The molecule has 0 radical (unpaired) electrons. The molecule has 2 heterocycles. The van der Waals surface area contributed by atoms with Crippen LogP contribution in [0.1, 0.15) is 35.8 Å². The highest BCUT2D eigenvalue weighted by atomic mass is 35.5. The summed E-state index contributed by atoms with van der Waals surface area (Å²) in [6.45, 7) is 5.43. The standard InChI is InChI=1S/C17H20ClN3OS/c1-12-6-8-21(9-7-12)10-15-11-23-17(19-15)20-16(22)13-2-4-14(18)5-3-13/h2-5,11-12H,6-10H2,1H3,(H,19,20,22). The van der Waals surface area contributed by atoms with E-state index in [0.717, 1.165) is 31.2 Å². The number of halogens is 1. The number of likely N-dealkylation sites (tertiary alicyclic amines) is 1. The molecule has 6 heteroatoms. The maximum atomic E-state index is 12.2. The summed E-state index contributed by atoms with van der Waals surface area (Å²) in [5, 5.41) is 6.14. The van der Waals surface area contributed by atoms with Gasteiger partial charge in [0.25, 0.3) is 5.91 Å². The zero-order valence-electron chi connectivity index (χ0n) is 13.1. The normalized spacial score (nSPS) is 16.4. The monoisotopic (exact) mass is 349 g/mol. The molecule has 1 N–H and O–H groups in total. The van der Waals surface area contributed by atoms with Crippen LogP contribution >= 0.6 is 22.9 Å². The lowest BCUT2D eigenvalue weighted by Crippen LogP contribution is -2.32. The van der Waals surface area contributed by atoms with Crippen LogP contribution in [-0.4, -0.2) is 28.9 Å². The number of piperidine rings is 1. The van der Waals surface area contributed by atoms with Crippen molar-refractivity contribution in [3.8, 4) is 0 Å². The lowest BCUT2D eigenvalue weighted by atomic mass is 9.99. The van der Waals surface area contributed by atoms with Crippen LogP contribution in [0.3, 0.4) is 0 Å². The Morgan fingerprint density at radius 1 is 1.35 bits per heavy atom. The number of hydrogen-bond donors (Lipinski definition) is 1. The van der Waals surface area contributed by atoms with Crippen molar-refractivity contribution in [3.05, 3.63) is 45.9 Å². The Labute approximate surface area is 145 Å². The van der Waals surface area contributed by atoms with Gasteiger partial charge in [-0.3, -0.25) is 15.0 Å². The van der Waals surface area contributed by atoms with Crippen molar-refractivity contribution < 1.29 is 4.79 Å². The molecule has 0 unspecified atom stereocenters. The molecule has 0 aliphatic carbocycles. The van der Waals surface area contributed by atoms with Gasteiger partial charge in [-0.15, -0.1) is 11.3 Å². The van der Waals surface area contributed by atoms with E-state index in [1.807, 2.05) is 5.38 Å². The number of rotatable bonds is 4. The van der Waals surface area contributed by atoms with E-state index in [1.54, 1.807) is 24.3 Å². The Balaban J connectivity index is 1.56. The van der Waals surface area contributed by atoms with Crippen molar-refractivity contribution in [2.75, 3.05) is 18.4 Å². The molecule has 0 atom stereocenters. The summed E-state index contributed by atoms with van der Waals surface area (Å²) in [6.07, 6.45) is 2.51. The quantitative estimate of drug-likeness (QED) is 0.896. The fourth-order valence-corrected chi connectivity index (χ4v) is 3.48. The Bertz CT molecular complexity index is 663. The number of nitrogens with one attached hydrogen (secondary N) is 1. The van der Waals surface area contributed by atoms with Gasteiger partial charge in [-0.1, -0.05) is 18.5 Å². The molecule has 0 bridgehead atoms. The molecule has 1 aromatic heterocycles. The van der Waals surface area contributed by atoms with Crippen molar-refractivity contribution in [1.82, 2.24) is 9.88 Å². The molecule has 0 saturated carbocycles. The minimum Gasteiger partial charge on any atom is -0.298 e. The molecule has 1 aliphatic rings. The van der Waals surface area contributed by atoms with Gasteiger partial charge in [0.2, 0.25) is 0 Å². The second-order valence-corrected chi connectivity index (χ2v) is 7.36. The molecule has 4 nitrogen and oxygen atoms in total. The first-order valence-corrected chi connectivity index (χ1v) is 9.09. The van der Waals surface area contributed by atoms with E-state index in [-0.39, 0.29) is 5.91 Å². The van der Waals surface area contributed by atoms with E-state index in [0.29, 0.717) is 15.7 Å². The Kier molecular flexibility index (Phi) is 5.30. The van der Waals surface area contributed by atoms with Crippen molar-refractivity contribution in [2.24, 2.45) is 5.92 Å². The first-order valence-electron chi connectivity index (χ1n) is 7.84. The lowest BCUT2D eigenvalue weighted by molar-refractivity contribution is 0.102. The smallest absolute Gasteiger partial charge is 0.257 e. The first kappa shape index (κ1) is 16.4. The van der Waals surface area contributed by atoms with Crippen molar-refractivity contribution in [2.45, 2.75) is 26.3 Å². The molecule has 1 aromatic carbocycles. The van der Waals surface area contributed by atoms with Gasteiger partial charge >= 0.3 is 0 Å². The van der Waals surface area contributed by atoms with E-state index in [1.165, 1.54) is 24.2 Å². The van der Waals surface area contributed by atoms with Gasteiger partial charge in [0, 0.05) is 22.5 Å². The number of nitrogens with zero attached hydrogens (tertiary/aromatic N) is 2. The maximum Gasteiger partial charge on any atom is 0.257 e. The van der Waals surface area contributed by atoms with Gasteiger partial charge in [-0.05, 0) is 56.1 Å². The molecule has 3 rings (SSSR count). The summed E-state index contributed by atoms with van der Waals surface area (Å²) in [4.78, 5) is 19.1. The largest absolute Gasteiger partial charge is 0.298 e. The third-order valence-corrected chi connectivity index (χ3v) is 5.20. The Morgan fingerprint density at radius 3 is 2.74 bits per heavy atom. The van der Waals surface area contributed by atoms with Gasteiger partial charge in [-0.25, -0.2) is 4.98 Å². The maximum absolute atomic E-state index is 12.2. The molecule has 1 amide bonds. The minimum absolute atomic E-state index is 0.158. The van der Waals surface area contributed by atoms with E-state index in [4.69, 9.17) is 11.6 Å². The molecule has 23 heavy (non-hydrogen) atoms. The fourth-order valence-electron chi connectivity index (χ4n) is 2.66. The summed E-state index contributed by atoms with van der Waals surface area (Å²) in [7, 11) is 0.